The monoisotopic (exact) mass is 332 g/mol. The summed E-state index contributed by atoms with van der Waals surface area (Å²) in [6, 6.07) is 4.78. The summed E-state index contributed by atoms with van der Waals surface area (Å²) in [5.74, 6) is -0.935. The van der Waals surface area contributed by atoms with Crippen LogP contribution in [0, 0.1) is 0 Å². The van der Waals surface area contributed by atoms with Crippen LogP contribution in [-0.2, 0) is 11.2 Å². The Hall–Kier alpha value is -1.46. The van der Waals surface area contributed by atoms with Crippen molar-refractivity contribution in [1.82, 2.24) is 10.2 Å². The third kappa shape index (κ3) is 6.23. The molecule has 0 aliphatic rings. The van der Waals surface area contributed by atoms with Gasteiger partial charge in [0.15, 0.2) is 0 Å². The van der Waals surface area contributed by atoms with Crippen molar-refractivity contribution >= 4 is 35.2 Å². The van der Waals surface area contributed by atoms with E-state index in [9.17, 15) is 9.59 Å². The molecule has 0 bridgehead atoms. The van der Waals surface area contributed by atoms with Crippen molar-refractivity contribution in [3.8, 4) is 0 Å². The molecule has 2 amide bonds. The summed E-state index contributed by atoms with van der Waals surface area (Å²) in [5.41, 5.74) is 0.891. The number of carbonyl (C=O) groups excluding carboxylic acids is 1. The Bertz CT molecular complexity index is 523. The van der Waals surface area contributed by atoms with Gasteiger partial charge in [0.05, 0.1) is 6.42 Å². The van der Waals surface area contributed by atoms with E-state index >= 15 is 0 Å². The summed E-state index contributed by atoms with van der Waals surface area (Å²) in [7, 11) is 1.56. The Kier molecular flexibility index (Phi) is 6.78. The van der Waals surface area contributed by atoms with E-state index < -0.39 is 5.97 Å². The molecule has 7 heteroatoms. The average molecular weight is 333 g/mol. The fourth-order valence-corrected chi connectivity index (χ4v) is 2.24. The molecule has 1 rings (SSSR count). The van der Waals surface area contributed by atoms with Gasteiger partial charge in [0.25, 0.3) is 0 Å². The Labute approximate surface area is 133 Å². The summed E-state index contributed by atoms with van der Waals surface area (Å²) in [6.07, 6.45) is 0.482. The van der Waals surface area contributed by atoms with E-state index in [1.54, 1.807) is 19.2 Å². The number of aliphatic carboxylic acids is 1. The van der Waals surface area contributed by atoms with Gasteiger partial charge in [-0.25, -0.2) is 4.79 Å². The molecule has 116 valence electrons. The molecule has 5 nitrogen and oxygen atoms in total. The van der Waals surface area contributed by atoms with Crippen molar-refractivity contribution in [2.75, 3.05) is 13.6 Å². The molecule has 0 aromatic heterocycles. The first-order valence-electron chi connectivity index (χ1n) is 6.47. The first kappa shape index (κ1) is 17.6. The number of carboxylic acids is 1. The molecule has 1 unspecified atom stereocenters. The Morgan fingerprint density at radius 1 is 1.38 bits per heavy atom. The maximum atomic E-state index is 11.9. The number of hydrogen-bond donors (Lipinski definition) is 2. The number of amides is 2. The number of benzene rings is 1. The number of carboxylic acid groups (broad SMARTS) is 1. The van der Waals surface area contributed by atoms with E-state index in [4.69, 9.17) is 28.3 Å². The quantitative estimate of drug-likeness (QED) is 0.841. The van der Waals surface area contributed by atoms with Crippen molar-refractivity contribution < 1.29 is 14.7 Å². The Morgan fingerprint density at radius 2 is 2.05 bits per heavy atom. The molecule has 0 heterocycles. The molecule has 0 spiro atoms. The topological polar surface area (TPSA) is 69.6 Å². The largest absolute Gasteiger partial charge is 0.481 e. The molecular formula is C14H18Cl2N2O3. The van der Waals surface area contributed by atoms with Crippen LogP contribution >= 0.6 is 23.2 Å². The first-order valence-corrected chi connectivity index (χ1v) is 7.22. The van der Waals surface area contributed by atoms with E-state index in [1.807, 2.05) is 13.0 Å². The molecular weight excluding hydrogens is 315 g/mol. The molecule has 1 aromatic carbocycles. The number of hydrogen-bond acceptors (Lipinski definition) is 2. The van der Waals surface area contributed by atoms with Crippen LogP contribution in [0.15, 0.2) is 18.2 Å². The minimum absolute atomic E-state index is 0.0820. The Morgan fingerprint density at radius 3 is 2.62 bits per heavy atom. The zero-order valence-electron chi connectivity index (χ0n) is 11.9. The number of nitrogens with zero attached hydrogens (tertiary/aromatic N) is 1. The highest BCUT2D eigenvalue weighted by molar-refractivity contribution is 6.35. The van der Waals surface area contributed by atoms with Crippen molar-refractivity contribution in [1.29, 1.82) is 0 Å². The highest BCUT2D eigenvalue weighted by Gasteiger charge is 2.14. The second-order valence-corrected chi connectivity index (χ2v) is 5.70. The first-order chi connectivity index (χ1) is 9.79. The predicted molar refractivity (Wildman–Crippen MR) is 83.0 cm³/mol. The van der Waals surface area contributed by atoms with Crippen LogP contribution in [0.5, 0.6) is 0 Å². The Balaban J connectivity index is 2.50. The van der Waals surface area contributed by atoms with Gasteiger partial charge in [-0.3, -0.25) is 4.79 Å². The molecule has 0 aliphatic heterocycles. The normalized spacial score (nSPS) is 11.8. The van der Waals surface area contributed by atoms with Gasteiger partial charge >= 0.3 is 12.0 Å². The number of carbonyl (C=O) groups is 2. The summed E-state index contributed by atoms with van der Waals surface area (Å²) in [5, 5.41) is 12.5. The zero-order chi connectivity index (χ0) is 16.0. The predicted octanol–water partition coefficient (Wildman–Crippen LogP) is 3.04. The molecule has 0 saturated heterocycles. The van der Waals surface area contributed by atoms with Crippen LogP contribution in [0.3, 0.4) is 0 Å². The molecule has 0 fully saturated rings. The molecule has 21 heavy (non-hydrogen) atoms. The van der Waals surface area contributed by atoms with Crippen molar-refractivity contribution in [2.24, 2.45) is 0 Å². The highest BCUT2D eigenvalue weighted by Crippen LogP contribution is 2.22. The lowest BCUT2D eigenvalue weighted by Crippen LogP contribution is -2.43. The van der Waals surface area contributed by atoms with E-state index in [1.165, 1.54) is 4.90 Å². The summed E-state index contributed by atoms with van der Waals surface area (Å²) in [4.78, 5) is 23.7. The minimum Gasteiger partial charge on any atom is -0.481 e. The van der Waals surface area contributed by atoms with Crippen LogP contribution in [0.2, 0.25) is 10.0 Å². The molecule has 1 aromatic rings. The lowest BCUT2D eigenvalue weighted by Gasteiger charge is -2.21. The van der Waals surface area contributed by atoms with E-state index in [0.29, 0.717) is 16.5 Å². The number of halogens is 2. The van der Waals surface area contributed by atoms with Crippen LogP contribution in [0.4, 0.5) is 4.79 Å². The number of nitrogens with one attached hydrogen (secondary N) is 1. The molecule has 0 aliphatic carbocycles. The molecule has 1 atom stereocenters. The van der Waals surface area contributed by atoms with Gasteiger partial charge in [-0.15, -0.1) is 0 Å². The minimum atomic E-state index is -0.935. The second kappa shape index (κ2) is 8.10. The highest BCUT2D eigenvalue weighted by atomic mass is 35.5. The summed E-state index contributed by atoms with van der Waals surface area (Å²) in [6.45, 7) is 2.02. The van der Waals surface area contributed by atoms with Crippen molar-refractivity contribution in [3.05, 3.63) is 33.8 Å². The summed E-state index contributed by atoms with van der Waals surface area (Å²) < 4.78 is 0. The average Bonchev–Trinajstić information content (AvgIpc) is 2.39. The lowest BCUT2D eigenvalue weighted by molar-refractivity contribution is -0.137. The fourth-order valence-electron chi connectivity index (χ4n) is 1.75. The summed E-state index contributed by atoms with van der Waals surface area (Å²) >= 11 is 11.9. The van der Waals surface area contributed by atoms with Gasteiger partial charge in [0.2, 0.25) is 0 Å². The SMILES string of the molecule is CC(Cc1ccc(Cl)cc1Cl)NC(=O)N(C)CCC(=O)O. The zero-order valence-corrected chi connectivity index (χ0v) is 13.4. The maximum Gasteiger partial charge on any atom is 0.317 e. The third-order valence-corrected chi connectivity index (χ3v) is 3.51. The molecule has 0 radical (unpaired) electrons. The van der Waals surface area contributed by atoms with Gasteiger partial charge in [0, 0.05) is 29.7 Å². The maximum absolute atomic E-state index is 11.9. The van der Waals surface area contributed by atoms with Crippen LogP contribution in [0.1, 0.15) is 18.9 Å². The number of urea groups is 1. The second-order valence-electron chi connectivity index (χ2n) is 4.86. The lowest BCUT2D eigenvalue weighted by atomic mass is 10.1. The third-order valence-electron chi connectivity index (χ3n) is 2.92. The van der Waals surface area contributed by atoms with Crippen LogP contribution in [-0.4, -0.2) is 41.6 Å². The van der Waals surface area contributed by atoms with Crippen LogP contribution in [0.25, 0.3) is 0 Å². The van der Waals surface area contributed by atoms with E-state index in [0.717, 1.165) is 5.56 Å². The molecule has 0 saturated carbocycles. The number of rotatable bonds is 6. The van der Waals surface area contributed by atoms with E-state index in [-0.39, 0.29) is 25.0 Å². The standard InChI is InChI=1S/C14H18Cl2N2O3/c1-9(7-10-3-4-11(15)8-12(10)16)17-14(21)18(2)6-5-13(19)20/h3-4,8-9H,5-7H2,1-2H3,(H,17,21)(H,19,20). The smallest absolute Gasteiger partial charge is 0.317 e. The van der Waals surface area contributed by atoms with E-state index in [2.05, 4.69) is 5.32 Å². The van der Waals surface area contributed by atoms with Gasteiger partial charge in [-0.2, -0.15) is 0 Å². The van der Waals surface area contributed by atoms with Crippen LogP contribution < -0.4 is 5.32 Å². The van der Waals surface area contributed by atoms with Gasteiger partial charge in [-0.1, -0.05) is 29.3 Å². The van der Waals surface area contributed by atoms with Gasteiger partial charge < -0.3 is 15.3 Å². The fraction of sp³-hybridized carbons (Fsp3) is 0.429. The molecule has 2 N–H and O–H groups in total. The van der Waals surface area contributed by atoms with Gasteiger partial charge in [-0.05, 0) is 31.0 Å². The van der Waals surface area contributed by atoms with Crippen molar-refractivity contribution in [2.45, 2.75) is 25.8 Å². The van der Waals surface area contributed by atoms with Crippen molar-refractivity contribution in [3.63, 3.8) is 0 Å². The van der Waals surface area contributed by atoms with Gasteiger partial charge in [0.1, 0.15) is 0 Å².